The van der Waals surface area contributed by atoms with E-state index in [9.17, 15) is 4.79 Å². The quantitative estimate of drug-likeness (QED) is 0.771. The molecule has 26 heavy (non-hydrogen) atoms. The molecule has 0 saturated heterocycles. The molecule has 132 valence electrons. The number of rotatable bonds is 3. The van der Waals surface area contributed by atoms with Gasteiger partial charge in [0.05, 0.1) is 0 Å². The van der Waals surface area contributed by atoms with E-state index >= 15 is 0 Å². The average Bonchev–Trinajstić information content (AvgIpc) is 3.54. The zero-order valence-corrected chi connectivity index (χ0v) is 15.4. The van der Waals surface area contributed by atoms with Gasteiger partial charge >= 0.3 is 6.09 Å². The maximum absolute atomic E-state index is 12.1. The molecule has 3 nitrogen and oxygen atoms in total. The Hall–Kier alpha value is -2.44. The predicted octanol–water partition coefficient (Wildman–Crippen LogP) is 5.06. The Bertz CT molecular complexity index is 903. The number of carbonyl (C=O) groups is 1. The number of nitrogens with one attached hydrogen (secondary N) is 1. The zero-order valence-electron chi connectivity index (χ0n) is 14.6. The van der Waals surface area contributed by atoms with Crippen molar-refractivity contribution in [1.82, 2.24) is 5.32 Å². The Labute approximate surface area is 158 Å². The van der Waals surface area contributed by atoms with Crippen molar-refractivity contribution in [2.45, 2.75) is 43.6 Å². The van der Waals surface area contributed by atoms with E-state index < -0.39 is 11.6 Å². The summed E-state index contributed by atoms with van der Waals surface area (Å²) in [5.41, 5.74) is 1.83. The maximum atomic E-state index is 12.1. The van der Waals surface area contributed by atoms with Gasteiger partial charge in [-0.3, -0.25) is 0 Å². The SMILES string of the molecule is CC1(c2cc(C#CC3(NC(=O)Oc4ccccc4)CC3)ccc2Cl)CC1. The summed E-state index contributed by atoms with van der Waals surface area (Å²) in [5, 5.41) is 3.70. The van der Waals surface area contributed by atoms with E-state index in [4.69, 9.17) is 16.3 Å². The normalized spacial score (nSPS) is 18.2. The van der Waals surface area contributed by atoms with E-state index in [0.29, 0.717) is 5.75 Å². The number of hydrogen-bond acceptors (Lipinski definition) is 2. The van der Waals surface area contributed by atoms with Crippen LogP contribution in [0.4, 0.5) is 4.79 Å². The molecule has 0 atom stereocenters. The molecule has 1 N–H and O–H groups in total. The molecule has 1 amide bonds. The molecule has 0 radical (unpaired) electrons. The minimum absolute atomic E-state index is 0.198. The van der Waals surface area contributed by atoms with Crippen molar-refractivity contribution >= 4 is 17.7 Å². The van der Waals surface area contributed by atoms with Gasteiger partial charge in [-0.15, -0.1) is 0 Å². The second kappa shape index (κ2) is 6.37. The summed E-state index contributed by atoms with van der Waals surface area (Å²) in [4.78, 5) is 12.1. The Morgan fingerprint density at radius 2 is 1.85 bits per heavy atom. The Kier molecular flexibility index (Phi) is 4.17. The topological polar surface area (TPSA) is 38.3 Å². The fourth-order valence-corrected chi connectivity index (χ4v) is 3.28. The van der Waals surface area contributed by atoms with Crippen LogP contribution in [0.15, 0.2) is 48.5 Å². The molecule has 0 heterocycles. The lowest BCUT2D eigenvalue weighted by Gasteiger charge is -2.12. The molecule has 4 heteroatoms. The first-order valence-electron chi connectivity index (χ1n) is 8.86. The standard InChI is InChI=1S/C22H20ClNO2/c1-21(11-12-21)18-15-16(7-8-19(18)23)9-10-22(13-14-22)24-20(25)26-17-5-3-2-4-6-17/h2-8,15H,11-14H2,1H3,(H,24,25). The molecule has 2 aromatic carbocycles. The van der Waals surface area contributed by atoms with Gasteiger partial charge in [-0.2, -0.15) is 0 Å². The van der Waals surface area contributed by atoms with Crippen molar-refractivity contribution in [3.8, 4) is 17.6 Å². The summed E-state index contributed by atoms with van der Waals surface area (Å²) in [6, 6.07) is 15.0. The van der Waals surface area contributed by atoms with Crippen LogP contribution in [-0.4, -0.2) is 11.6 Å². The predicted molar refractivity (Wildman–Crippen MR) is 102 cm³/mol. The van der Waals surface area contributed by atoms with Gasteiger partial charge in [-0.05, 0) is 67.0 Å². The first-order valence-corrected chi connectivity index (χ1v) is 9.24. The van der Waals surface area contributed by atoms with Crippen LogP contribution < -0.4 is 10.1 Å². The molecule has 0 aliphatic heterocycles. The van der Waals surface area contributed by atoms with Gasteiger partial charge in [0.1, 0.15) is 11.3 Å². The summed E-state index contributed by atoms with van der Waals surface area (Å²) < 4.78 is 5.29. The van der Waals surface area contributed by atoms with Crippen LogP contribution in [0.25, 0.3) is 0 Å². The molecule has 0 aromatic heterocycles. The van der Waals surface area contributed by atoms with Gasteiger partial charge in [0.15, 0.2) is 0 Å². The van der Waals surface area contributed by atoms with Crippen molar-refractivity contribution in [2.75, 3.05) is 0 Å². The zero-order chi connectivity index (χ0) is 18.2. The van der Waals surface area contributed by atoms with Crippen LogP contribution in [0.5, 0.6) is 5.75 Å². The fourth-order valence-electron chi connectivity index (χ4n) is 2.94. The molecule has 4 rings (SSSR count). The summed E-state index contributed by atoms with van der Waals surface area (Å²) >= 11 is 6.35. The number of amides is 1. The van der Waals surface area contributed by atoms with E-state index in [1.807, 2.05) is 30.3 Å². The molecule has 2 aromatic rings. The van der Waals surface area contributed by atoms with Gasteiger partial charge in [-0.1, -0.05) is 48.6 Å². The number of hydrogen-bond donors (Lipinski definition) is 1. The largest absolute Gasteiger partial charge is 0.413 e. The molecule has 0 unspecified atom stereocenters. The van der Waals surface area contributed by atoms with E-state index in [-0.39, 0.29) is 5.41 Å². The van der Waals surface area contributed by atoms with Crippen molar-refractivity contribution in [2.24, 2.45) is 0 Å². The monoisotopic (exact) mass is 365 g/mol. The first-order chi connectivity index (χ1) is 12.5. The molecule has 0 bridgehead atoms. The number of carbonyl (C=O) groups excluding carboxylic acids is 1. The van der Waals surface area contributed by atoms with Gasteiger partial charge in [-0.25, -0.2) is 4.79 Å². The summed E-state index contributed by atoms with van der Waals surface area (Å²) in [6.45, 7) is 2.23. The van der Waals surface area contributed by atoms with Crippen LogP contribution in [0.1, 0.15) is 43.7 Å². The smallest absolute Gasteiger partial charge is 0.410 e. The minimum atomic E-state index is -0.477. The molecular weight excluding hydrogens is 346 g/mol. The van der Waals surface area contributed by atoms with Crippen LogP contribution in [0.2, 0.25) is 5.02 Å². The summed E-state index contributed by atoms with van der Waals surface area (Å²) in [5.74, 6) is 6.94. The lowest BCUT2D eigenvalue weighted by Crippen LogP contribution is -2.37. The highest BCUT2D eigenvalue weighted by atomic mass is 35.5. The van der Waals surface area contributed by atoms with Gasteiger partial charge in [0.2, 0.25) is 0 Å². The highest BCUT2D eigenvalue weighted by Gasteiger charge is 2.43. The molecular formula is C22H20ClNO2. The van der Waals surface area contributed by atoms with Gasteiger partial charge < -0.3 is 10.1 Å². The molecule has 2 fully saturated rings. The molecule has 2 aliphatic rings. The highest BCUT2D eigenvalue weighted by molar-refractivity contribution is 6.31. The van der Waals surface area contributed by atoms with E-state index in [2.05, 4.69) is 30.1 Å². The minimum Gasteiger partial charge on any atom is -0.410 e. The Balaban J connectivity index is 1.45. The lowest BCUT2D eigenvalue weighted by atomic mass is 9.96. The van der Waals surface area contributed by atoms with Crippen LogP contribution >= 0.6 is 11.6 Å². The van der Waals surface area contributed by atoms with Crippen molar-refractivity contribution in [3.05, 3.63) is 64.7 Å². The Morgan fingerprint density at radius 1 is 1.12 bits per heavy atom. The second-order valence-electron chi connectivity index (χ2n) is 7.41. The van der Waals surface area contributed by atoms with Crippen molar-refractivity contribution in [1.29, 1.82) is 0 Å². The van der Waals surface area contributed by atoms with E-state index in [1.165, 1.54) is 18.4 Å². The third-order valence-corrected chi connectivity index (χ3v) is 5.44. The fraction of sp³-hybridized carbons (Fsp3) is 0.318. The van der Waals surface area contributed by atoms with Gasteiger partial charge in [0.25, 0.3) is 0 Å². The summed E-state index contributed by atoms with van der Waals surface area (Å²) in [6.07, 6.45) is 3.54. The highest BCUT2D eigenvalue weighted by Crippen LogP contribution is 2.50. The number of benzene rings is 2. The first kappa shape index (κ1) is 17.0. The summed E-state index contributed by atoms with van der Waals surface area (Å²) in [7, 11) is 0. The van der Waals surface area contributed by atoms with E-state index in [1.54, 1.807) is 12.1 Å². The maximum Gasteiger partial charge on any atom is 0.413 e. The van der Waals surface area contributed by atoms with Crippen LogP contribution in [0, 0.1) is 11.8 Å². The molecule has 2 saturated carbocycles. The van der Waals surface area contributed by atoms with Crippen LogP contribution in [-0.2, 0) is 5.41 Å². The van der Waals surface area contributed by atoms with Gasteiger partial charge in [0, 0.05) is 10.6 Å². The molecule has 2 aliphatic carbocycles. The van der Waals surface area contributed by atoms with Crippen molar-refractivity contribution in [3.63, 3.8) is 0 Å². The lowest BCUT2D eigenvalue weighted by molar-refractivity contribution is 0.197. The van der Waals surface area contributed by atoms with Crippen molar-refractivity contribution < 1.29 is 9.53 Å². The average molecular weight is 366 g/mol. The van der Waals surface area contributed by atoms with E-state index in [0.717, 1.165) is 23.4 Å². The number of halogens is 1. The third-order valence-electron chi connectivity index (χ3n) is 5.11. The molecule has 0 spiro atoms. The Morgan fingerprint density at radius 3 is 2.50 bits per heavy atom. The third kappa shape index (κ3) is 3.71. The second-order valence-corrected chi connectivity index (χ2v) is 7.82. The number of para-hydroxylation sites is 1. The van der Waals surface area contributed by atoms with Crippen LogP contribution in [0.3, 0.4) is 0 Å². The number of ether oxygens (including phenoxy) is 1.